The maximum Gasteiger partial charge on any atom is 0.169 e. The zero-order valence-corrected chi connectivity index (χ0v) is 13.4. The molecule has 1 aromatic heterocycles. The van der Waals surface area contributed by atoms with Gasteiger partial charge in [-0.05, 0) is 37.1 Å². The van der Waals surface area contributed by atoms with E-state index in [0.717, 1.165) is 16.9 Å². The Kier molecular flexibility index (Phi) is 4.80. The molecule has 0 fully saturated rings. The van der Waals surface area contributed by atoms with Crippen molar-refractivity contribution >= 4 is 11.6 Å². The van der Waals surface area contributed by atoms with E-state index < -0.39 is 0 Å². The molecule has 0 spiro atoms. The van der Waals surface area contributed by atoms with Crippen LogP contribution in [0.15, 0.2) is 18.3 Å². The number of benzene rings is 1. The minimum absolute atomic E-state index is 0.191. The van der Waals surface area contributed by atoms with Gasteiger partial charge in [0.1, 0.15) is 17.3 Å². The van der Waals surface area contributed by atoms with E-state index in [-0.39, 0.29) is 12.5 Å². The molecule has 0 saturated carbocycles. The van der Waals surface area contributed by atoms with Crippen molar-refractivity contribution in [2.24, 2.45) is 0 Å². The van der Waals surface area contributed by atoms with Gasteiger partial charge in [0.15, 0.2) is 5.75 Å². The van der Waals surface area contributed by atoms with Crippen molar-refractivity contribution in [2.45, 2.75) is 40.2 Å². The fourth-order valence-electron chi connectivity index (χ4n) is 2.07. The van der Waals surface area contributed by atoms with Gasteiger partial charge in [0.2, 0.25) is 0 Å². The summed E-state index contributed by atoms with van der Waals surface area (Å²) in [6.07, 6.45) is 1.61. The molecule has 2 aromatic rings. The number of rotatable bonds is 4. The molecule has 0 bridgehead atoms. The molecule has 5 heteroatoms. The summed E-state index contributed by atoms with van der Waals surface area (Å²) in [6.45, 7) is 7.67. The number of hydrogen-bond acceptors (Lipinski definition) is 4. The molecule has 4 nitrogen and oxygen atoms in total. The molecule has 0 aliphatic rings. The first-order valence-electron chi connectivity index (χ1n) is 6.83. The summed E-state index contributed by atoms with van der Waals surface area (Å²) in [6, 6.07) is 3.68. The molecule has 0 atom stereocenters. The predicted molar refractivity (Wildman–Crippen MR) is 83.0 cm³/mol. The molecule has 0 unspecified atom stereocenters. The molecular weight excluding hydrogens is 288 g/mol. The van der Waals surface area contributed by atoms with Gasteiger partial charge < -0.3 is 9.84 Å². The molecule has 1 aromatic carbocycles. The van der Waals surface area contributed by atoms with E-state index in [1.165, 1.54) is 0 Å². The molecule has 0 amide bonds. The summed E-state index contributed by atoms with van der Waals surface area (Å²) in [7, 11) is 0. The van der Waals surface area contributed by atoms with Crippen molar-refractivity contribution in [3.8, 4) is 11.5 Å². The van der Waals surface area contributed by atoms with Gasteiger partial charge in [-0.25, -0.2) is 9.97 Å². The van der Waals surface area contributed by atoms with Gasteiger partial charge >= 0.3 is 0 Å². The molecule has 0 aliphatic heterocycles. The van der Waals surface area contributed by atoms with Crippen LogP contribution in [0.1, 0.15) is 42.4 Å². The van der Waals surface area contributed by atoms with E-state index in [2.05, 4.69) is 9.97 Å². The van der Waals surface area contributed by atoms with Crippen LogP contribution in [0, 0.1) is 13.8 Å². The van der Waals surface area contributed by atoms with E-state index in [9.17, 15) is 5.11 Å². The second-order valence-corrected chi connectivity index (χ2v) is 5.76. The third kappa shape index (κ3) is 3.52. The Labute approximate surface area is 129 Å². The largest absolute Gasteiger partial charge is 0.453 e. The van der Waals surface area contributed by atoms with Gasteiger partial charge in [0.25, 0.3) is 0 Å². The third-order valence-electron chi connectivity index (χ3n) is 3.15. The Morgan fingerprint density at radius 1 is 1.24 bits per heavy atom. The first-order valence-corrected chi connectivity index (χ1v) is 7.21. The topological polar surface area (TPSA) is 55.2 Å². The molecular formula is C16H19ClN2O2. The zero-order chi connectivity index (χ0) is 15.6. The van der Waals surface area contributed by atoms with Gasteiger partial charge in [-0.15, -0.1) is 0 Å². The smallest absolute Gasteiger partial charge is 0.169 e. The lowest BCUT2D eigenvalue weighted by molar-refractivity contribution is 0.269. The Bertz CT molecular complexity index is 634. The Morgan fingerprint density at radius 3 is 2.38 bits per heavy atom. The van der Waals surface area contributed by atoms with Crippen LogP contribution in [0.25, 0.3) is 0 Å². The molecule has 0 saturated heterocycles. The van der Waals surface area contributed by atoms with Gasteiger partial charge in [-0.3, -0.25) is 0 Å². The summed E-state index contributed by atoms with van der Waals surface area (Å²) < 4.78 is 5.91. The van der Waals surface area contributed by atoms with Crippen LogP contribution < -0.4 is 4.74 Å². The number of halogens is 1. The van der Waals surface area contributed by atoms with Crippen LogP contribution in [-0.4, -0.2) is 15.1 Å². The molecule has 21 heavy (non-hydrogen) atoms. The summed E-state index contributed by atoms with van der Waals surface area (Å²) in [4.78, 5) is 8.64. The van der Waals surface area contributed by atoms with E-state index in [1.807, 2.05) is 39.8 Å². The predicted octanol–water partition coefficient (Wildman–Crippen LogP) is 4.15. The molecule has 1 heterocycles. The van der Waals surface area contributed by atoms with E-state index in [4.69, 9.17) is 16.3 Å². The standard InChI is InChI=1S/C16H19ClN2O2/c1-9(2)16-18-7-14(13(8-20)19-16)21-15-10(3)5-12(17)6-11(15)4/h5-7,9,20H,8H2,1-4H3. The van der Waals surface area contributed by atoms with Crippen molar-refractivity contribution in [3.05, 3.63) is 46.0 Å². The lowest BCUT2D eigenvalue weighted by Crippen LogP contribution is -2.04. The van der Waals surface area contributed by atoms with Crippen LogP contribution in [-0.2, 0) is 6.61 Å². The monoisotopic (exact) mass is 306 g/mol. The number of aromatic nitrogens is 2. The second kappa shape index (κ2) is 6.41. The normalized spacial score (nSPS) is 11.0. The number of hydrogen-bond donors (Lipinski definition) is 1. The highest BCUT2D eigenvalue weighted by molar-refractivity contribution is 6.30. The van der Waals surface area contributed by atoms with Crippen molar-refractivity contribution < 1.29 is 9.84 Å². The maximum atomic E-state index is 9.49. The van der Waals surface area contributed by atoms with Crippen molar-refractivity contribution in [1.82, 2.24) is 9.97 Å². The fraction of sp³-hybridized carbons (Fsp3) is 0.375. The van der Waals surface area contributed by atoms with Crippen LogP contribution in [0.2, 0.25) is 5.02 Å². The summed E-state index contributed by atoms with van der Waals surface area (Å²) >= 11 is 6.02. The van der Waals surface area contributed by atoms with E-state index in [1.54, 1.807) is 6.20 Å². The van der Waals surface area contributed by atoms with Crippen molar-refractivity contribution in [1.29, 1.82) is 0 Å². The average Bonchev–Trinajstić information content (AvgIpc) is 2.42. The lowest BCUT2D eigenvalue weighted by Gasteiger charge is -2.15. The fourth-order valence-corrected chi connectivity index (χ4v) is 2.39. The number of nitrogens with zero attached hydrogens (tertiary/aromatic N) is 2. The number of aliphatic hydroxyl groups is 1. The minimum Gasteiger partial charge on any atom is -0.453 e. The molecule has 0 radical (unpaired) electrons. The number of ether oxygens (including phenoxy) is 1. The van der Waals surface area contributed by atoms with Gasteiger partial charge in [-0.2, -0.15) is 0 Å². The zero-order valence-electron chi connectivity index (χ0n) is 12.6. The Morgan fingerprint density at radius 2 is 1.86 bits per heavy atom. The molecule has 112 valence electrons. The van der Waals surface area contributed by atoms with Crippen LogP contribution >= 0.6 is 11.6 Å². The Balaban J connectivity index is 2.40. The maximum absolute atomic E-state index is 9.49. The Hall–Kier alpha value is -1.65. The highest BCUT2D eigenvalue weighted by Crippen LogP contribution is 2.32. The third-order valence-corrected chi connectivity index (χ3v) is 3.37. The number of aliphatic hydroxyl groups excluding tert-OH is 1. The van der Waals surface area contributed by atoms with Gasteiger partial charge in [0, 0.05) is 10.9 Å². The summed E-state index contributed by atoms with van der Waals surface area (Å²) in [5.41, 5.74) is 2.34. The van der Waals surface area contributed by atoms with E-state index in [0.29, 0.717) is 22.3 Å². The van der Waals surface area contributed by atoms with Gasteiger partial charge in [0.05, 0.1) is 12.8 Å². The van der Waals surface area contributed by atoms with Crippen LogP contribution in [0.3, 0.4) is 0 Å². The van der Waals surface area contributed by atoms with Crippen LogP contribution in [0.5, 0.6) is 11.5 Å². The highest BCUT2D eigenvalue weighted by atomic mass is 35.5. The van der Waals surface area contributed by atoms with Crippen molar-refractivity contribution in [3.63, 3.8) is 0 Å². The highest BCUT2D eigenvalue weighted by Gasteiger charge is 2.13. The molecule has 2 rings (SSSR count). The van der Waals surface area contributed by atoms with E-state index >= 15 is 0 Å². The quantitative estimate of drug-likeness (QED) is 0.921. The molecule has 1 N–H and O–H groups in total. The van der Waals surface area contributed by atoms with Crippen molar-refractivity contribution in [2.75, 3.05) is 0 Å². The molecule has 0 aliphatic carbocycles. The average molecular weight is 307 g/mol. The first kappa shape index (κ1) is 15.7. The number of aryl methyl sites for hydroxylation is 2. The first-order chi connectivity index (χ1) is 9.92. The SMILES string of the molecule is Cc1cc(Cl)cc(C)c1Oc1cnc(C(C)C)nc1CO. The van der Waals surface area contributed by atoms with Crippen LogP contribution in [0.4, 0.5) is 0 Å². The summed E-state index contributed by atoms with van der Waals surface area (Å²) in [5, 5.41) is 10.2. The lowest BCUT2D eigenvalue weighted by atomic mass is 10.1. The minimum atomic E-state index is -0.191. The summed E-state index contributed by atoms with van der Waals surface area (Å²) in [5.74, 6) is 2.07. The second-order valence-electron chi connectivity index (χ2n) is 5.32. The van der Waals surface area contributed by atoms with Gasteiger partial charge in [-0.1, -0.05) is 25.4 Å².